The molecule has 0 amide bonds. The average molecular weight is 274 g/mol. The molecule has 0 aliphatic heterocycles. The summed E-state index contributed by atoms with van der Waals surface area (Å²) in [4.78, 5) is 10.4. The van der Waals surface area contributed by atoms with Crippen molar-refractivity contribution in [1.29, 1.82) is 0 Å². The molecule has 0 unspecified atom stereocenters. The van der Waals surface area contributed by atoms with Crippen LogP contribution in [0.3, 0.4) is 0 Å². The predicted molar refractivity (Wildman–Crippen MR) is 65.5 cm³/mol. The molecule has 0 aromatic heterocycles. The van der Waals surface area contributed by atoms with Crippen molar-refractivity contribution in [3.63, 3.8) is 0 Å². The van der Waals surface area contributed by atoms with Crippen LogP contribution in [0, 0.1) is 0 Å². The van der Waals surface area contributed by atoms with Gasteiger partial charge < -0.3 is 10.2 Å². The van der Waals surface area contributed by atoms with Gasteiger partial charge in [-0.1, -0.05) is 0 Å². The molecule has 1 aromatic carbocycles. The highest BCUT2D eigenvalue weighted by Gasteiger charge is 2.18. The first-order valence-electron chi connectivity index (χ1n) is 5.06. The van der Waals surface area contributed by atoms with Crippen LogP contribution in [0.2, 0.25) is 0 Å². The SMILES string of the molecule is CN(CCC(=O)O)S(=O)(=O)Nc1ccc(O)cc1. The van der Waals surface area contributed by atoms with Gasteiger partial charge in [-0.2, -0.15) is 12.7 Å². The van der Waals surface area contributed by atoms with E-state index in [-0.39, 0.29) is 24.4 Å². The Morgan fingerprint density at radius 1 is 1.33 bits per heavy atom. The standard InChI is InChI=1S/C10H14N2O5S/c1-12(7-6-10(14)15)18(16,17)11-8-2-4-9(13)5-3-8/h2-5,11,13H,6-7H2,1H3,(H,14,15). The Kier molecular flexibility index (Phi) is 4.51. The topological polar surface area (TPSA) is 107 Å². The number of phenols is 1. The van der Waals surface area contributed by atoms with E-state index in [9.17, 15) is 13.2 Å². The first kappa shape index (κ1) is 14.3. The zero-order chi connectivity index (χ0) is 13.8. The molecule has 0 heterocycles. The van der Waals surface area contributed by atoms with Crippen LogP contribution in [0.15, 0.2) is 24.3 Å². The maximum Gasteiger partial charge on any atom is 0.304 e. The number of rotatable bonds is 6. The summed E-state index contributed by atoms with van der Waals surface area (Å²) in [6, 6.07) is 5.49. The molecule has 0 aliphatic rings. The second-order valence-corrected chi connectivity index (χ2v) is 5.40. The number of anilines is 1. The van der Waals surface area contributed by atoms with E-state index in [4.69, 9.17) is 10.2 Å². The van der Waals surface area contributed by atoms with Gasteiger partial charge in [0.05, 0.1) is 12.1 Å². The quantitative estimate of drug-likeness (QED) is 0.653. The Hall–Kier alpha value is -1.80. The smallest absolute Gasteiger partial charge is 0.304 e. The Bertz CT molecular complexity index is 512. The monoisotopic (exact) mass is 274 g/mol. The predicted octanol–water partition coefficient (Wildman–Crippen LogP) is 0.455. The van der Waals surface area contributed by atoms with Crippen molar-refractivity contribution in [3.8, 4) is 5.75 Å². The van der Waals surface area contributed by atoms with E-state index in [1.54, 1.807) is 0 Å². The molecule has 1 aromatic rings. The summed E-state index contributed by atoms with van der Waals surface area (Å²) >= 11 is 0. The maximum absolute atomic E-state index is 11.8. The van der Waals surface area contributed by atoms with Crippen LogP contribution < -0.4 is 4.72 Å². The van der Waals surface area contributed by atoms with Crippen molar-refractivity contribution in [1.82, 2.24) is 4.31 Å². The van der Waals surface area contributed by atoms with Crippen LogP contribution in [0.1, 0.15) is 6.42 Å². The van der Waals surface area contributed by atoms with Crippen molar-refractivity contribution in [2.45, 2.75) is 6.42 Å². The molecule has 0 spiro atoms. The van der Waals surface area contributed by atoms with E-state index < -0.39 is 16.2 Å². The fourth-order valence-electron chi connectivity index (χ4n) is 1.13. The highest BCUT2D eigenvalue weighted by atomic mass is 32.2. The molecule has 8 heteroatoms. The number of aromatic hydroxyl groups is 1. The Morgan fingerprint density at radius 3 is 2.39 bits per heavy atom. The van der Waals surface area contributed by atoms with Crippen LogP contribution in [0.4, 0.5) is 5.69 Å². The maximum atomic E-state index is 11.8. The van der Waals surface area contributed by atoms with Gasteiger partial charge in [0, 0.05) is 13.6 Å². The molecule has 0 radical (unpaired) electrons. The van der Waals surface area contributed by atoms with Gasteiger partial charge in [0.15, 0.2) is 0 Å². The summed E-state index contributed by atoms with van der Waals surface area (Å²) < 4.78 is 26.7. The van der Waals surface area contributed by atoms with Crippen molar-refractivity contribution in [3.05, 3.63) is 24.3 Å². The minimum atomic E-state index is -3.78. The van der Waals surface area contributed by atoms with Gasteiger partial charge in [0.25, 0.3) is 0 Å². The third kappa shape index (κ3) is 4.22. The third-order valence-corrected chi connectivity index (χ3v) is 3.66. The number of phenolic OH excluding ortho intramolecular Hbond substituents is 1. The number of benzene rings is 1. The highest BCUT2D eigenvalue weighted by Crippen LogP contribution is 2.15. The number of nitrogens with zero attached hydrogens (tertiary/aromatic N) is 1. The minimum Gasteiger partial charge on any atom is -0.508 e. The van der Waals surface area contributed by atoms with Gasteiger partial charge >= 0.3 is 16.2 Å². The largest absolute Gasteiger partial charge is 0.508 e. The molecule has 0 bridgehead atoms. The summed E-state index contributed by atoms with van der Waals surface area (Å²) in [6.07, 6.45) is -0.271. The summed E-state index contributed by atoms with van der Waals surface area (Å²) in [7, 11) is -2.50. The van der Waals surface area contributed by atoms with E-state index in [1.807, 2.05) is 0 Å². The molecule has 7 nitrogen and oxygen atoms in total. The van der Waals surface area contributed by atoms with Crippen LogP contribution in [-0.2, 0) is 15.0 Å². The number of carbonyl (C=O) groups is 1. The minimum absolute atomic E-state index is 0.0252. The molecule has 0 aliphatic carbocycles. The second-order valence-electron chi connectivity index (χ2n) is 3.62. The molecule has 100 valence electrons. The Balaban J connectivity index is 2.69. The molecule has 0 fully saturated rings. The molecule has 18 heavy (non-hydrogen) atoms. The van der Waals surface area contributed by atoms with Crippen molar-refractivity contribution >= 4 is 21.9 Å². The van der Waals surface area contributed by atoms with E-state index >= 15 is 0 Å². The Labute approximate surface area is 105 Å². The Morgan fingerprint density at radius 2 is 1.89 bits per heavy atom. The molecule has 0 atom stereocenters. The molecular formula is C10H14N2O5S. The summed E-state index contributed by atoms with van der Waals surface area (Å²) in [6.45, 7) is -0.122. The number of carboxylic acid groups (broad SMARTS) is 1. The lowest BCUT2D eigenvalue weighted by atomic mass is 10.3. The van der Waals surface area contributed by atoms with Gasteiger partial charge in [0.1, 0.15) is 5.75 Å². The van der Waals surface area contributed by atoms with Crippen molar-refractivity contribution < 1.29 is 23.4 Å². The van der Waals surface area contributed by atoms with Gasteiger partial charge in [-0.25, -0.2) is 0 Å². The average Bonchev–Trinajstić information content (AvgIpc) is 2.28. The van der Waals surface area contributed by atoms with E-state index in [2.05, 4.69) is 4.72 Å². The zero-order valence-electron chi connectivity index (χ0n) is 9.70. The normalized spacial score (nSPS) is 11.4. The number of hydrogen-bond acceptors (Lipinski definition) is 4. The van der Waals surface area contributed by atoms with E-state index in [0.717, 1.165) is 4.31 Å². The molecule has 3 N–H and O–H groups in total. The van der Waals surface area contributed by atoms with E-state index in [0.29, 0.717) is 0 Å². The van der Waals surface area contributed by atoms with Crippen molar-refractivity contribution in [2.75, 3.05) is 18.3 Å². The molecule has 0 saturated heterocycles. The summed E-state index contributed by atoms with van der Waals surface area (Å²) in [5, 5.41) is 17.5. The third-order valence-electron chi connectivity index (χ3n) is 2.17. The lowest BCUT2D eigenvalue weighted by molar-refractivity contribution is -0.137. The first-order chi connectivity index (χ1) is 8.31. The van der Waals surface area contributed by atoms with Gasteiger partial charge in [-0.05, 0) is 24.3 Å². The summed E-state index contributed by atoms with van der Waals surface area (Å²) in [5.74, 6) is -1.04. The lowest BCUT2D eigenvalue weighted by Gasteiger charge is -2.17. The number of aliphatic carboxylic acids is 1. The van der Waals surface area contributed by atoms with Crippen molar-refractivity contribution in [2.24, 2.45) is 0 Å². The fraction of sp³-hybridized carbons (Fsp3) is 0.300. The van der Waals surface area contributed by atoms with Crippen LogP contribution in [0.5, 0.6) is 5.75 Å². The highest BCUT2D eigenvalue weighted by molar-refractivity contribution is 7.90. The number of nitrogens with one attached hydrogen (secondary N) is 1. The molecule has 0 saturated carbocycles. The van der Waals surface area contributed by atoms with Crippen LogP contribution >= 0.6 is 0 Å². The zero-order valence-corrected chi connectivity index (χ0v) is 10.5. The van der Waals surface area contributed by atoms with Crippen LogP contribution in [-0.4, -0.2) is 42.5 Å². The van der Waals surface area contributed by atoms with Crippen LogP contribution in [0.25, 0.3) is 0 Å². The van der Waals surface area contributed by atoms with Gasteiger partial charge in [-0.15, -0.1) is 0 Å². The number of hydrogen-bond donors (Lipinski definition) is 3. The fourth-order valence-corrected chi connectivity index (χ4v) is 2.05. The molecular weight excluding hydrogens is 260 g/mol. The van der Waals surface area contributed by atoms with Gasteiger partial charge in [-0.3, -0.25) is 9.52 Å². The number of carboxylic acids is 1. The molecule has 1 rings (SSSR count). The summed E-state index contributed by atoms with van der Waals surface area (Å²) in [5.41, 5.74) is 0.287. The first-order valence-corrected chi connectivity index (χ1v) is 6.50. The lowest BCUT2D eigenvalue weighted by Crippen LogP contribution is -2.34. The van der Waals surface area contributed by atoms with Gasteiger partial charge in [0.2, 0.25) is 0 Å². The van der Waals surface area contributed by atoms with E-state index in [1.165, 1.54) is 31.3 Å². The second kappa shape index (κ2) is 5.69.